The normalized spacial score (nSPS) is 18.4. The molecular formula is C28H31F2N5O. The Bertz CT molecular complexity index is 1100. The number of carbonyl (C=O) groups is 1. The molecule has 5 rings (SSSR count). The van der Waals surface area contributed by atoms with Crippen LogP contribution in [0.15, 0.2) is 67.0 Å². The molecule has 8 heteroatoms. The van der Waals surface area contributed by atoms with E-state index in [1.54, 1.807) is 36.7 Å². The average molecular weight is 492 g/mol. The number of amides is 1. The number of nitrogens with zero attached hydrogens (tertiary/aromatic N) is 5. The smallest absolute Gasteiger partial charge is 0.237 e. The summed E-state index contributed by atoms with van der Waals surface area (Å²) in [5, 5.41) is 0. The largest absolute Gasteiger partial charge is 0.342 e. The maximum absolute atomic E-state index is 14.0. The summed E-state index contributed by atoms with van der Waals surface area (Å²) in [5.41, 5.74) is 0.579. The third-order valence-electron chi connectivity index (χ3n) is 7.42. The Morgan fingerprint density at radius 1 is 0.778 bits per heavy atom. The van der Waals surface area contributed by atoms with Gasteiger partial charge in [-0.2, -0.15) is 0 Å². The van der Waals surface area contributed by atoms with E-state index in [0.29, 0.717) is 19.5 Å². The van der Waals surface area contributed by atoms with E-state index in [1.807, 2.05) is 11.0 Å². The van der Waals surface area contributed by atoms with Crippen LogP contribution in [-0.4, -0.2) is 71.5 Å². The second-order valence-corrected chi connectivity index (χ2v) is 9.55. The number of piperazine rings is 1. The Morgan fingerprint density at radius 3 is 1.94 bits per heavy atom. The predicted octanol–water partition coefficient (Wildman–Crippen LogP) is 3.88. The second kappa shape index (κ2) is 10.7. The van der Waals surface area contributed by atoms with Gasteiger partial charge in [0.15, 0.2) is 0 Å². The van der Waals surface area contributed by atoms with Gasteiger partial charge in [0.25, 0.3) is 0 Å². The highest BCUT2D eigenvalue weighted by Crippen LogP contribution is 2.41. The van der Waals surface area contributed by atoms with Crippen molar-refractivity contribution in [2.75, 3.05) is 50.7 Å². The van der Waals surface area contributed by atoms with Crippen molar-refractivity contribution < 1.29 is 13.6 Å². The maximum Gasteiger partial charge on any atom is 0.237 e. The number of aromatic nitrogens is 2. The molecule has 1 amide bonds. The van der Waals surface area contributed by atoms with Crippen molar-refractivity contribution in [3.63, 3.8) is 0 Å². The van der Waals surface area contributed by atoms with Crippen LogP contribution in [0, 0.1) is 11.6 Å². The summed E-state index contributed by atoms with van der Waals surface area (Å²) in [4.78, 5) is 29.2. The zero-order chi connectivity index (χ0) is 25.0. The number of likely N-dealkylation sites (tertiary alicyclic amines) is 1. The minimum Gasteiger partial charge on any atom is -0.342 e. The molecule has 0 unspecified atom stereocenters. The molecule has 0 saturated carbocycles. The molecule has 0 radical (unpaired) electrons. The van der Waals surface area contributed by atoms with Gasteiger partial charge in [-0.3, -0.25) is 9.69 Å². The average Bonchev–Trinajstić information content (AvgIpc) is 2.92. The van der Waals surface area contributed by atoms with Gasteiger partial charge >= 0.3 is 0 Å². The zero-order valence-corrected chi connectivity index (χ0v) is 20.3. The Hall–Kier alpha value is -3.39. The number of hydrogen-bond donors (Lipinski definition) is 0. The van der Waals surface area contributed by atoms with E-state index in [-0.39, 0.29) is 17.5 Å². The molecule has 188 valence electrons. The first-order valence-corrected chi connectivity index (χ1v) is 12.6. The zero-order valence-electron chi connectivity index (χ0n) is 20.3. The Kier molecular flexibility index (Phi) is 7.23. The van der Waals surface area contributed by atoms with Gasteiger partial charge in [0, 0.05) is 51.7 Å². The quantitative estimate of drug-likeness (QED) is 0.502. The van der Waals surface area contributed by atoms with Gasteiger partial charge in [0.05, 0.1) is 5.41 Å². The summed E-state index contributed by atoms with van der Waals surface area (Å²) in [5.74, 6) is 0.103. The molecule has 0 bridgehead atoms. The van der Waals surface area contributed by atoms with E-state index in [1.165, 1.54) is 24.3 Å². The first-order chi connectivity index (χ1) is 17.6. The number of piperidine rings is 1. The minimum absolute atomic E-state index is 0.0120. The number of benzene rings is 2. The van der Waals surface area contributed by atoms with Crippen molar-refractivity contribution in [2.45, 2.75) is 24.7 Å². The first kappa shape index (κ1) is 24.3. The highest BCUT2D eigenvalue weighted by molar-refractivity contribution is 5.92. The fraction of sp³-hybridized carbons (Fsp3) is 0.393. The van der Waals surface area contributed by atoms with Gasteiger partial charge in [-0.1, -0.05) is 24.3 Å². The minimum atomic E-state index is -0.930. The summed E-state index contributed by atoms with van der Waals surface area (Å²) in [6.07, 6.45) is 5.85. The molecule has 0 aliphatic carbocycles. The van der Waals surface area contributed by atoms with Crippen LogP contribution in [0.4, 0.5) is 14.7 Å². The molecule has 3 heterocycles. The van der Waals surface area contributed by atoms with E-state index in [9.17, 15) is 13.6 Å². The maximum atomic E-state index is 14.0. The molecule has 2 fully saturated rings. The van der Waals surface area contributed by atoms with Crippen LogP contribution in [0.1, 0.15) is 30.4 Å². The van der Waals surface area contributed by atoms with Crippen LogP contribution in [0.2, 0.25) is 0 Å². The lowest BCUT2D eigenvalue weighted by Crippen LogP contribution is -2.53. The summed E-state index contributed by atoms with van der Waals surface area (Å²) in [7, 11) is 0. The monoisotopic (exact) mass is 491 g/mol. The van der Waals surface area contributed by atoms with Crippen molar-refractivity contribution in [3.05, 3.63) is 89.8 Å². The van der Waals surface area contributed by atoms with E-state index >= 15 is 0 Å². The summed E-state index contributed by atoms with van der Waals surface area (Å²) in [6.45, 7) is 5.89. The molecule has 3 aromatic rings. The summed E-state index contributed by atoms with van der Waals surface area (Å²) >= 11 is 0. The first-order valence-electron chi connectivity index (χ1n) is 12.6. The van der Waals surface area contributed by atoms with Gasteiger partial charge in [-0.25, -0.2) is 18.7 Å². The second-order valence-electron chi connectivity index (χ2n) is 9.55. The highest BCUT2D eigenvalue weighted by Gasteiger charge is 2.46. The molecule has 0 N–H and O–H groups in total. The lowest BCUT2D eigenvalue weighted by atomic mass is 9.68. The molecule has 2 aliphatic heterocycles. The lowest BCUT2D eigenvalue weighted by molar-refractivity contribution is -0.139. The number of rotatable bonds is 7. The molecule has 2 saturated heterocycles. The van der Waals surface area contributed by atoms with E-state index in [2.05, 4.69) is 19.8 Å². The molecule has 0 spiro atoms. The predicted molar refractivity (Wildman–Crippen MR) is 135 cm³/mol. The van der Waals surface area contributed by atoms with Crippen LogP contribution in [0.25, 0.3) is 0 Å². The SMILES string of the molecule is O=C1N(CCCN2CCN(c3ncccn3)CC2)CCCC1(c1ccc(F)cc1)c1ccc(F)cc1. The summed E-state index contributed by atoms with van der Waals surface area (Å²) in [6, 6.07) is 14.2. The molecule has 6 nitrogen and oxygen atoms in total. The van der Waals surface area contributed by atoms with Gasteiger partial charge in [-0.05, 0) is 67.3 Å². The fourth-order valence-electron chi connectivity index (χ4n) is 5.51. The Balaban J connectivity index is 1.25. The molecule has 2 aliphatic rings. The van der Waals surface area contributed by atoms with Crippen LogP contribution >= 0.6 is 0 Å². The van der Waals surface area contributed by atoms with Crippen LogP contribution in [-0.2, 0) is 10.2 Å². The Morgan fingerprint density at radius 2 is 1.36 bits per heavy atom. The summed E-state index contributed by atoms with van der Waals surface area (Å²) < 4.78 is 27.4. The van der Waals surface area contributed by atoms with Crippen molar-refractivity contribution >= 4 is 11.9 Å². The molecule has 2 aromatic carbocycles. The van der Waals surface area contributed by atoms with Gasteiger partial charge in [-0.15, -0.1) is 0 Å². The lowest BCUT2D eigenvalue weighted by Gasteiger charge is -2.43. The molecule has 1 aromatic heterocycles. The van der Waals surface area contributed by atoms with Crippen LogP contribution in [0.3, 0.4) is 0 Å². The van der Waals surface area contributed by atoms with E-state index < -0.39 is 5.41 Å². The van der Waals surface area contributed by atoms with Crippen molar-refractivity contribution in [2.24, 2.45) is 0 Å². The van der Waals surface area contributed by atoms with Crippen LogP contribution in [0.5, 0.6) is 0 Å². The topological polar surface area (TPSA) is 52.6 Å². The van der Waals surface area contributed by atoms with E-state index in [0.717, 1.165) is 62.6 Å². The number of carbonyl (C=O) groups excluding carboxylic acids is 1. The van der Waals surface area contributed by atoms with Crippen molar-refractivity contribution in [1.29, 1.82) is 0 Å². The van der Waals surface area contributed by atoms with Gasteiger partial charge < -0.3 is 9.80 Å². The van der Waals surface area contributed by atoms with Gasteiger partial charge in [0.1, 0.15) is 11.6 Å². The molecular weight excluding hydrogens is 460 g/mol. The Labute approximate surface area is 210 Å². The van der Waals surface area contributed by atoms with Crippen molar-refractivity contribution in [3.8, 4) is 0 Å². The molecule has 0 atom stereocenters. The van der Waals surface area contributed by atoms with Gasteiger partial charge in [0.2, 0.25) is 11.9 Å². The van der Waals surface area contributed by atoms with E-state index in [4.69, 9.17) is 0 Å². The molecule has 36 heavy (non-hydrogen) atoms. The number of hydrogen-bond acceptors (Lipinski definition) is 5. The third-order valence-corrected chi connectivity index (χ3v) is 7.42. The third kappa shape index (κ3) is 4.95. The standard InChI is InChI=1S/C28H31F2N5O/c29-24-8-4-22(5-9-24)28(23-6-10-25(30)11-7-23)12-1-16-34(26(28)36)17-3-15-33-18-20-35(21-19-33)27-31-13-2-14-32-27/h2,4-11,13-14H,1,3,12,15-21H2. The highest BCUT2D eigenvalue weighted by atomic mass is 19.1. The van der Waals surface area contributed by atoms with Crippen molar-refractivity contribution in [1.82, 2.24) is 19.8 Å². The van der Waals surface area contributed by atoms with Crippen LogP contribution < -0.4 is 4.90 Å². The fourth-order valence-corrected chi connectivity index (χ4v) is 5.51. The number of halogens is 2. The number of anilines is 1.